The number of hydrogen-bond acceptors (Lipinski definition) is 2. The second-order valence-corrected chi connectivity index (χ2v) is 6.05. The average Bonchev–Trinajstić information content (AvgIpc) is 2.92. The summed E-state index contributed by atoms with van der Waals surface area (Å²) in [4.78, 5) is 11.8. The molecule has 1 aromatic heterocycles. The molecule has 0 aliphatic rings. The highest BCUT2D eigenvalue weighted by Gasteiger charge is 2.41. The fraction of sp³-hybridized carbons (Fsp3) is 0.111. The third-order valence-electron chi connectivity index (χ3n) is 3.88. The number of rotatable bonds is 3. The molecule has 0 fully saturated rings. The fourth-order valence-corrected chi connectivity index (χ4v) is 3.05. The van der Waals surface area contributed by atoms with Crippen LogP contribution in [0.5, 0.6) is 0 Å². The van der Waals surface area contributed by atoms with Crippen LogP contribution in [-0.4, -0.2) is 15.7 Å². The molecule has 2 aromatic carbocycles. The first-order chi connectivity index (χ1) is 12.2. The third-order valence-corrected chi connectivity index (χ3v) is 4.12. The van der Waals surface area contributed by atoms with Gasteiger partial charge in [0.2, 0.25) is 0 Å². The first-order valence-corrected chi connectivity index (χ1v) is 7.87. The summed E-state index contributed by atoms with van der Waals surface area (Å²) in [5, 5.41) is 3.98. The summed E-state index contributed by atoms with van der Waals surface area (Å²) in [6.45, 7) is 0. The molecule has 1 amide bonds. The molecule has 8 heteroatoms. The van der Waals surface area contributed by atoms with Gasteiger partial charge < -0.3 is 5.73 Å². The van der Waals surface area contributed by atoms with Crippen LogP contribution in [0.25, 0.3) is 22.4 Å². The van der Waals surface area contributed by atoms with E-state index in [0.29, 0.717) is 21.7 Å². The summed E-state index contributed by atoms with van der Waals surface area (Å²) in [6.07, 6.45) is -4.80. The minimum absolute atomic E-state index is 0.000371. The van der Waals surface area contributed by atoms with Crippen molar-refractivity contribution in [3.8, 4) is 22.4 Å². The predicted octanol–water partition coefficient (Wildman–Crippen LogP) is 4.53. The monoisotopic (exact) mass is 379 g/mol. The summed E-state index contributed by atoms with van der Waals surface area (Å²) >= 11 is 6.03. The number of nitrogens with zero attached hydrogens (tertiary/aromatic N) is 2. The smallest absolute Gasteiger partial charge is 0.365 e. The van der Waals surface area contributed by atoms with E-state index in [-0.39, 0.29) is 5.69 Å². The average molecular weight is 380 g/mol. The molecule has 3 aromatic rings. The quantitative estimate of drug-likeness (QED) is 0.727. The highest BCUT2D eigenvalue weighted by atomic mass is 35.5. The summed E-state index contributed by atoms with van der Waals surface area (Å²) in [5.41, 5.74) is 5.00. The first kappa shape index (κ1) is 18.0. The number of amides is 1. The largest absolute Gasteiger partial charge is 0.435 e. The van der Waals surface area contributed by atoms with E-state index in [2.05, 4.69) is 5.10 Å². The zero-order chi connectivity index (χ0) is 19.1. The van der Waals surface area contributed by atoms with Crippen molar-refractivity contribution >= 4 is 17.5 Å². The van der Waals surface area contributed by atoms with Gasteiger partial charge in [-0.2, -0.15) is 18.3 Å². The highest BCUT2D eigenvalue weighted by Crippen LogP contribution is 2.39. The molecule has 2 N–H and O–H groups in total. The Labute approximate surface area is 152 Å². The molecule has 1 heterocycles. The Kier molecular flexibility index (Phi) is 4.50. The van der Waals surface area contributed by atoms with Gasteiger partial charge in [0.25, 0.3) is 5.91 Å². The van der Waals surface area contributed by atoms with E-state index < -0.39 is 23.3 Å². The number of carbonyl (C=O) groups excluding carboxylic acids is 1. The van der Waals surface area contributed by atoms with Gasteiger partial charge >= 0.3 is 6.18 Å². The highest BCUT2D eigenvalue weighted by molar-refractivity contribution is 6.30. The van der Waals surface area contributed by atoms with Crippen LogP contribution < -0.4 is 5.73 Å². The van der Waals surface area contributed by atoms with Gasteiger partial charge in [0.15, 0.2) is 5.69 Å². The Bertz CT molecular complexity index is 996. The van der Waals surface area contributed by atoms with Crippen molar-refractivity contribution in [2.45, 2.75) is 6.18 Å². The molecule has 26 heavy (non-hydrogen) atoms. The van der Waals surface area contributed by atoms with Gasteiger partial charge in [0, 0.05) is 17.6 Å². The number of hydrogen-bond donors (Lipinski definition) is 1. The van der Waals surface area contributed by atoms with Gasteiger partial charge in [-0.25, -0.2) is 0 Å². The van der Waals surface area contributed by atoms with Gasteiger partial charge in [-0.3, -0.25) is 9.48 Å². The Morgan fingerprint density at radius 1 is 1.12 bits per heavy atom. The molecule has 0 unspecified atom stereocenters. The standard InChI is InChI=1S/C18H13ClF3N3O/c1-25-15(14(17(23)26)16(24-25)18(20,21)22)13-8-3-2-7-12(13)10-5-4-6-11(19)9-10/h2-9H,1H3,(H2,23,26). The maximum atomic E-state index is 13.3. The van der Waals surface area contributed by atoms with Crippen LogP contribution in [0.4, 0.5) is 13.2 Å². The summed E-state index contributed by atoms with van der Waals surface area (Å²) in [6, 6.07) is 13.6. The number of alkyl halides is 3. The fourth-order valence-electron chi connectivity index (χ4n) is 2.86. The van der Waals surface area contributed by atoms with Crippen molar-refractivity contribution in [3.05, 3.63) is 64.8 Å². The molecule has 0 aliphatic heterocycles. The molecule has 0 atom stereocenters. The van der Waals surface area contributed by atoms with Gasteiger partial charge in [0.05, 0.1) is 11.3 Å². The summed E-state index contributed by atoms with van der Waals surface area (Å²) < 4.78 is 40.9. The van der Waals surface area contributed by atoms with Crippen molar-refractivity contribution in [2.24, 2.45) is 12.8 Å². The van der Waals surface area contributed by atoms with Crippen LogP contribution in [0, 0.1) is 0 Å². The molecule has 0 saturated heterocycles. The number of nitrogens with two attached hydrogens (primary N) is 1. The maximum Gasteiger partial charge on any atom is 0.435 e. The molecule has 0 aliphatic carbocycles. The Balaban J connectivity index is 2.33. The molecular formula is C18H13ClF3N3O. The first-order valence-electron chi connectivity index (χ1n) is 7.49. The minimum atomic E-state index is -4.80. The van der Waals surface area contributed by atoms with E-state index in [9.17, 15) is 18.0 Å². The Morgan fingerprint density at radius 3 is 2.35 bits per heavy atom. The van der Waals surface area contributed by atoms with E-state index in [1.54, 1.807) is 48.5 Å². The predicted molar refractivity (Wildman–Crippen MR) is 92.6 cm³/mol. The van der Waals surface area contributed by atoms with E-state index in [1.165, 1.54) is 7.05 Å². The van der Waals surface area contributed by atoms with Crippen molar-refractivity contribution < 1.29 is 18.0 Å². The van der Waals surface area contributed by atoms with Crippen LogP contribution >= 0.6 is 11.6 Å². The van der Waals surface area contributed by atoms with Crippen LogP contribution in [-0.2, 0) is 13.2 Å². The number of carbonyl (C=O) groups is 1. The Hall–Kier alpha value is -2.80. The van der Waals surface area contributed by atoms with Gasteiger partial charge in [-0.1, -0.05) is 48.0 Å². The molecular weight excluding hydrogens is 367 g/mol. The minimum Gasteiger partial charge on any atom is -0.365 e. The molecule has 134 valence electrons. The maximum absolute atomic E-state index is 13.3. The number of primary amides is 1. The summed E-state index contributed by atoms with van der Waals surface area (Å²) in [7, 11) is 1.34. The van der Waals surface area contributed by atoms with Crippen molar-refractivity contribution in [1.29, 1.82) is 0 Å². The Morgan fingerprint density at radius 2 is 1.77 bits per heavy atom. The second-order valence-electron chi connectivity index (χ2n) is 5.61. The van der Waals surface area contributed by atoms with Crippen molar-refractivity contribution in [3.63, 3.8) is 0 Å². The van der Waals surface area contributed by atoms with Crippen LogP contribution in [0.15, 0.2) is 48.5 Å². The summed E-state index contributed by atoms with van der Waals surface area (Å²) in [5.74, 6) is -1.19. The molecule has 0 bridgehead atoms. The van der Waals surface area contributed by atoms with E-state index in [4.69, 9.17) is 17.3 Å². The van der Waals surface area contributed by atoms with Crippen molar-refractivity contribution in [1.82, 2.24) is 9.78 Å². The second kappa shape index (κ2) is 6.49. The van der Waals surface area contributed by atoms with Gasteiger partial charge in [0.1, 0.15) is 0 Å². The lowest BCUT2D eigenvalue weighted by Gasteiger charge is -2.12. The number of aryl methyl sites for hydroxylation is 1. The molecule has 3 rings (SSSR count). The number of halogens is 4. The number of benzene rings is 2. The van der Waals surface area contributed by atoms with E-state index in [1.807, 2.05) is 0 Å². The van der Waals surface area contributed by atoms with Crippen LogP contribution in [0.2, 0.25) is 5.02 Å². The lowest BCUT2D eigenvalue weighted by molar-refractivity contribution is -0.141. The topological polar surface area (TPSA) is 60.9 Å². The van der Waals surface area contributed by atoms with Crippen molar-refractivity contribution in [2.75, 3.05) is 0 Å². The molecule has 0 saturated carbocycles. The van der Waals surface area contributed by atoms with E-state index >= 15 is 0 Å². The molecule has 4 nitrogen and oxygen atoms in total. The normalized spacial score (nSPS) is 11.6. The van der Waals surface area contributed by atoms with Gasteiger partial charge in [-0.05, 0) is 23.3 Å². The van der Waals surface area contributed by atoms with E-state index in [0.717, 1.165) is 4.68 Å². The van der Waals surface area contributed by atoms with Gasteiger partial charge in [-0.15, -0.1) is 0 Å². The van der Waals surface area contributed by atoms with Crippen LogP contribution in [0.3, 0.4) is 0 Å². The zero-order valence-corrected chi connectivity index (χ0v) is 14.3. The molecule has 0 radical (unpaired) electrons. The number of aromatic nitrogens is 2. The SMILES string of the molecule is Cn1nc(C(F)(F)F)c(C(N)=O)c1-c1ccccc1-c1cccc(Cl)c1. The lowest BCUT2D eigenvalue weighted by atomic mass is 9.95. The molecule has 0 spiro atoms. The van der Waals surface area contributed by atoms with Crippen LogP contribution in [0.1, 0.15) is 16.1 Å². The zero-order valence-electron chi connectivity index (χ0n) is 13.5. The lowest BCUT2D eigenvalue weighted by Crippen LogP contribution is -2.18. The third kappa shape index (κ3) is 3.17.